The molecule has 0 radical (unpaired) electrons. The number of hydrogen-bond acceptors (Lipinski definition) is 7. The van der Waals surface area contributed by atoms with E-state index in [2.05, 4.69) is 21.2 Å². The van der Waals surface area contributed by atoms with Gasteiger partial charge in [0.25, 0.3) is 17.1 Å². The Morgan fingerprint density at radius 2 is 1.91 bits per heavy atom. The molecule has 34 heavy (non-hydrogen) atoms. The molecule has 3 rings (SSSR count). The van der Waals surface area contributed by atoms with Crippen molar-refractivity contribution in [3.8, 4) is 11.5 Å². The molecule has 2 aromatic carbocycles. The van der Waals surface area contributed by atoms with Crippen LogP contribution in [0.15, 0.2) is 45.8 Å². The van der Waals surface area contributed by atoms with Gasteiger partial charge in [-0.05, 0) is 77.4 Å². The average molecular weight is 549 g/mol. The van der Waals surface area contributed by atoms with Gasteiger partial charge in [-0.15, -0.1) is 0 Å². The fraction of sp³-hybridized carbons (Fsp3) is 0.292. The maximum Gasteiger partial charge on any atom is 0.293 e. The number of thioether (sulfide) groups is 1. The Morgan fingerprint density at radius 1 is 1.18 bits per heavy atom. The van der Waals surface area contributed by atoms with E-state index in [-0.39, 0.29) is 36.8 Å². The Balaban J connectivity index is 1.74. The van der Waals surface area contributed by atoms with Crippen molar-refractivity contribution in [2.45, 2.75) is 13.8 Å². The molecule has 0 spiro atoms. The van der Waals surface area contributed by atoms with Crippen LogP contribution < -0.4 is 14.8 Å². The highest BCUT2D eigenvalue weighted by atomic mass is 79.9. The zero-order valence-electron chi connectivity index (χ0n) is 19.1. The standard InChI is InChI=1S/C24H25BrN2O6S/c1-4-32-19-12-16(13-20-23(29)27(9-10-31-3)24(30)34-20)11-18(25)22(19)33-14-21(28)26-17-7-5-15(2)6-8-17/h5-8,11-13H,4,9-10,14H2,1-3H3,(H,26,28)/b20-13+. The quantitative estimate of drug-likeness (QED) is 0.424. The molecule has 0 saturated carbocycles. The summed E-state index contributed by atoms with van der Waals surface area (Å²) in [5.74, 6) is 0.0948. The van der Waals surface area contributed by atoms with Gasteiger partial charge in [0.1, 0.15) is 0 Å². The number of carbonyl (C=O) groups is 3. The van der Waals surface area contributed by atoms with Gasteiger partial charge in [-0.1, -0.05) is 17.7 Å². The normalized spacial score (nSPS) is 14.6. The lowest BCUT2D eigenvalue weighted by Gasteiger charge is -2.15. The number of nitrogens with zero attached hydrogens (tertiary/aromatic N) is 1. The smallest absolute Gasteiger partial charge is 0.293 e. The molecular formula is C24H25BrN2O6S. The molecule has 3 amide bonds. The summed E-state index contributed by atoms with van der Waals surface area (Å²) in [5.41, 5.74) is 2.42. The summed E-state index contributed by atoms with van der Waals surface area (Å²) in [4.78, 5) is 38.5. The highest BCUT2D eigenvalue weighted by Crippen LogP contribution is 2.39. The molecule has 1 aliphatic heterocycles. The van der Waals surface area contributed by atoms with Crippen molar-refractivity contribution in [3.05, 3.63) is 56.9 Å². The van der Waals surface area contributed by atoms with Gasteiger partial charge < -0.3 is 19.5 Å². The zero-order valence-corrected chi connectivity index (χ0v) is 21.5. The van der Waals surface area contributed by atoms with Gasteiger partial charge in [0.05, 0.1) is 29.1 Å². The van der Waals surface area contributed by atoms with Crippen molar-refractivity contribution >= 4 is 56.5 Å². The van der Waals surface area contributed by atoms with Crippen LogP contribution in [0.5, 0.6) is 11.5 Å². The number of amides is 3. The first kappa shape index (κ1) is 25.8. The molecule has 1 heterocycles. The van der Waals surface area contributed by atoms with Crippen LogP contribution in [0.4, 0.5) is 10.5 Å². The molecule has 1 saturated heterocycles. The van der Waals surface area contributed by atoms with Gasteiger partial charge in [-0.3, -0.25) is 19.3 Å². The SMILES string of the molecule is CCOc1cc(/C=C2/SC(=O)N(CCOC)C2=O)cc(Br)c1OCC(=O)Nc1ccc(C)cc1. The highest BCUT2D eigenvalue weighted by Gasteiger charge is 2.34. The van der Waals surface area contributed by atoms with Crippen molar-refractivity contribution in [1.29, 1.82) is 0 Å². The molecule has 0 aliphatic carbocycles. The monoisotopic (exact) mass is 548 g/mol. The maximum absolute atomic E-state index is 12.6. The Morgan fingerprint density at radius 3 is 2.59 bits per heavy atom. The Kier molecular flexibility index (Phi) is 9.14. The zero-order chi connectivity index (χ0) is 24.7. The molecule has 0 unspecified atom stereocenters. The minimum atomic E-state index is -0.366. The molecule has 1 aliphatic rings. The van der Waals surface area contributed by atoms with Gasteiger partial charge in [-0.2, -0.15) is 0 Å². The molecule has 180 valence electrons. The van der Waals surface area contributed by atoms with Crippen molar-refractivity contribution in [2.24, 2.45) is 0 Å². The summed E-state index contributed by atoms with van der Waals surface area (Å²) in [6.45, 7) is 4.42. The summed E-state index contributed by atoms with van der Waals surface area (Å²) >= 11 is 4.34. The van der Waals surface area contributed by atoms with Gasteiger partial charge in [0, 0.05) is 12.8 Å². The van der Waals surface area contributed by atoms with E-state index in [1.807, 2.05) is 38.1 Å². The van der Waals surface area contributed by atoms with Crippen LogP contribution in [0.1, 0.15) is 18.1 Å². The van der Waals surface area contributed by atoms with E-state index < -0.39 is 0 Å². The second-order valence-electron chi connectivity index (χ2n) is 7.29. The third-order valence-corrected chi connectivity index (χ3v) is 6.20. The molecule has 1 N–H and O–H groups in total. The highest BCUT2D eigenvalue weighted by molar-refractivity contribution is 9.10. The van der Waals surface area contributed by atoms with Crippen LogP contribution >= 0.6 is 27.7 Å². The lowest BCUT2D eigenvalue weighted by atomic mass is 10.2. The first-order valence-electron chi connectivity index (χ1n) is 10.5. The lowest BCUT2D eigenvalue weighted by molar-refractivity contribution is -0.123. The van der Waals surface area contributed by atoms with E-state index in [0.717, 1.165) is 22.2 Å². The predicted octanol–water partition coefficient (Wildman–Crippen LogP) is 4.86. The van der Waals surface area contributed by atoms with Crippen molar-refractivity contribution in [3.63, 3.8) is 0 Å². The van der Waals surface area contributed by atoms with Gasteiger partial charge in [0.15, 0.2) is 18.1 Å². The van der Waals surface area contributed by atoms with E-state index in [9.17, 15) is 14.4 Å². The van der Waals surface area contributed by atoms with Crippen LogP contribution in [0.25, 0.3) is 6.08 Å². The topological polar surface area (TPSA) is 94.2 Å². The number of carbonyl (C=O) groups excluding carboxylic acids is 3. The van der Waals surface area contributed by atoms with E-state index >= 15 is 0 Å². The number of methoxy groups -OCH3 is 1. The minimum Gasteiger partial charge on any atom is -0.490 e. The number of halogens is 1. The van der Waals surface area contributed by atoms with Crippen molar-refractivity contribution in [1.82, 2.24) is 4.90 Å². The number of hydrogen-bond donors (Lipinski definition) is 1. The summed E-state index contributed by atoms with van der Waals surface area (Å²) < 4.78 is 17.0. The summed E-state index contributed by atoms with van der Waals surface area (Å²) in [7, 11) is 1.51. The Hall–Kier alpha value is -2.82. The molecule has 0 aromatic heterocycles. The van der Waals surface area contributed by atoms with E-state index in [4.69, 9.17) is 14.2 Å². The summed E-state index contributed by atoms with van der Waals surface area (Å²) in [5, 5.41) is 2.45. The second kappa shape index (κ2) is 12.0. The van der Waals surface area contributed by atoms with Crippen LogP contribution in [0, 0.1) is 6.92 Å². The van der Waals surface area contributed by atoms with Gasteiger partial charge in [0.2, 0.25) is 0 Å². The molecule has 0 atom stereocenters. The van der Waals surface area contributed by atoms with Crippen LogP contribution in [-0.4, -0.2) is 55.4 Å². The number of benzene rings is 2. The lowest BCUT2D eigenvalue weighted by Crippen LogP contribution is -2.31. The second-order valence-corrected chi connectivity index (χ2v) is 9.14. The van der Waals surface area contributed by atoms with Crippen LogP contribution in [0.3, 0.4) is 0 Å². The van der Waals surface area contributed by atoms with E-state index in [1.54, 1.807) is 18.2 Å². The Bertz CT molecular complexity index is 1100. The average Bonchev–Trinajstić information content (AvgIpc) is 3.05. The van der Waals surface area contributed by atoms with Crippen LogP contribution in [0.2, 0.25) is 0 Å². The fourth-order valence-electron chi connectivity index (χ4n) is 3.07. The maximum atomic E-state index is 12.6. The molecular weight excluding hydrogens is 524 g/mol. The third-order valence-electron chi connectivity index (χ3n) is 4.70. The number of ether oxygens (including phenoxy) is 3. The van der Waals surface area contributed by atoms with Gasteiger partial charge >= 0.3 is 0 Å². The number of anilines is 1. The van der Waals surface area contributed by atoms with E-state index in [0.29, 0.717) is 38.7 Å². The van der Waals surface area contributed by atoms with Crippen molar-refractivity contribution in [2.75, 3.05) is 38.8 Å². The molecule has 2 aromatic rings. The number of nitrogens with one attached hydrogen (secondary N) is 1. The Labute approximate surface area is 210 Å². The first-order chi connectivity index (χ1) is 16.3. The number of imide groups is 1. The summed E-state index contributed by atoms with van der Waals surface area (Å²) in [6.07, 6.45) is 1.62. The number of rotatable bonds is 10. The third kappa shape index (κ3) is 6.62. The predicted molar refractivity (Wildman–Crippen MR) is 135 cm³/mol. The molecule has 0 bridgehead atoms. The first-order valence-corrected chi connectivity index (χ1v) is 12.1. The summed E-state index contributed by atoms with van der Waals surface area (Å²) in [6, 6.07) is 10.9. The van der Waals surface area contributed by atoms with E-state index in [1.165, 1.54) is 7.11 Å². The molecule has 10 heteroatoms. The number of aryl methyl sites for hydroxylation is 1. The fourth-order valence-corrected chi connectivity index (χ4v) is 4.51. The van der Waals surface area contributed by atoms with Gasteiger partial charge in [-0.25, -0.2) is 0 Å². The van der Waals surface area contributed by atoms with Crippen LogP contribution in [-0.2, 0) is 14.3 Å². The van der Waals surface area contributed by atoms with Crippen molar-refractivity contribution < 1.29 is 28.6 Å². The molecule has 8 nitrogen and oxygen atoms in total. The molecule has 1 fully saturated rings. The minimum absolute atomic E-state index is 0.198. The largest absolute Gasteiger partial charge is 0.490 e.